The number of aliphatic hydroxyl groups excluding tert-OH is 1. The molecule has 1 aromatic heterocycles. The molecular formula is C28H42FN3O2. The third-order valence-electron chi connectivity index (χ3n) is 4.90. The molecule has 0 radical (unpaired) electrons. The molecule has 0 amide bonds. The van der Waals surface area contributed by atoms with Crippen LogP contribution in [0.2, 0.25) is 0 Å². The fourth-order valence-corrected chi connectivity index (χ4v) is 3.07. The van der Waals surface area contributed by atoms with Crippen LogP contribution in [0.3, 0.4) is 0 Å². The zero-order valence-electron chi connectivity index (χ0n) is 22.5. The van der Waals surface area contributed by atoms with Gasteiger partial charge in [-0.3, -0.25) is 0 Å². The van der Waals surface area contributed by atoms with Gasteiger partial charge in [0.1, 0.15) is 24.1 Å². The lowest BCUT2D eigenvalue weighted by Gasteiger charge is -2.32. The van der Waals surface area contributed by atoms with Crippen LogP contribution < -0.4 is 9.64 Å². The molecular weight excluding hydrogens is 429 g/mol. The summed E-state index contributed by atoms with van der Waals surface area (Å²) in [6.07, 6.45) is -1.21. The maximum Gasteiger partial charge on any atom is 0.144 e. The van der Waals surface area contributed by atoms with Crippen LogP contribution in [0, 0.1) is 6.92 Å². The van der Waals surface area contributed by atoms with Crippen LogP contribution in [0.1, 0.15) is 33.3 Å². The minimum Gasteiger partial charge on any atom is -0.483 e. The minimum atomic E-state index is -1.21. The smallest absolute Gasteiger partial charge is 0.144 e. The number of aromatic nitrogens is 1. The molecule has 0 aliphatic carbocycles. The number of halogens is 1. The Morgan fingerprint density at radius 2 is 1.59 bits per heavy atom. The standard InChI is InChI=1S/C23H27FN2O2.C3H9N.C2H6/c1-15-6-9-18-16(12-15)7-10-19(25-18)17-8-11-20(26(4)5)21(13-17)28-23(2,3)22(27)14-24;1-4(2)3;1-2/h6-13,22,27H,14H2,1-5H3;1-3H3;1-2H3. The van der Waals surface area contributed by atoms with Gasteiger partial charge in [-0.05, 0) is 72.2 Å². The van der Waals surface area contributed by atoms with Gasteiger partial charge in [-0.2, -0.15) is 0 Å². The quantitative estimate of drug-likeness (QED) is 0.480. The topological polar surface area (TPSA) is 48.8 Å². The molecule has 0 aliphatic heterocycles. The summed E-state index contributed by atoms with van der Waals surface area (Å²) in [6.45, 7) is 8.56. The van der Waals surface area contributed by atoms with Gasteiger partial charge in [0.25, 0.3) is 0 Å². The van der Waals surface area contributed by atoms with E-state index < -0.39 is 18.4 Å². The summed E-state index contributed by atoms with van der Waals surface area (Å²) in [5.41, 5.74) is 3.63. The van der Waals surface area contributed by atoms with E-state index in [2.05, 4.69) is 19.1 Å². The van der Waals surface area contributed by atoms with Crippen molar-refractivity contribution in [3.63, 3.8) is 0 Å². The number of benzene rings is 2. The van der Waals surface area contributed by atoms with Crippen LogP contribution in [0.4, 0.5) is 10.1 Å². The molecule has 1 heterocycles. The van der Waals surface area contributed by atoms with Crippen molar-refractivity contribution in [2.75, 3.05) is 46.8 Å². The van der Waals surface area contributed by atoms with E-state index in [0.717, 1.165) is 27.8 Å². The third kappa shape index (κ3) is 8.26. The van der Waals surface area contributed by atoms with Crippen molar-refractivity contribution in [2.45, 2.75) is 46.3 Å². The van der Waals surface area contributed by atoms with Crippen LogP contribution in [0.25, 0.3) is 22.2 Å². The molecule has 3 rings (SSSR count). The van der Waals surface area contributed by atoms with E-state index in [9.17, 15) is 9.50 Å². The molecule has 1 unspecified atom stereocenters. The molecule has 0 fully saturated rings. The molecule has 2 aromatic carbocycles. The van der Waals surface area contributed by atoms with Crippen LogP contribution in [0.15, 0.2) is 48.5 Å². The SMILES string of the molecule is CC.CN(C)C.Cc1ccc2nc(-c3ccc(N(C)C)c(OC(C)(C)C(O)CF)c3)ccc2c1. The molecule has 34 heavy (non-hydrogen) atoms. The maximum absolute atomic E-state index is 13.0. The Hall–Kier alpha value is -2.70. The van der Waals surface area contributed by atoms with Crippen molar-refractivity contribution in [2.24, 2.45) is 0 Å². The average Bonchev–Trinajstić information content (AvgIpc) is 2.78. The predicted molar refractivity (Wildman–Crippen MR) is 144 cm³/mol. The molecule has 5 nitrogen and oxygen atoms in total. The highest BCUT2D eigenvalue weighted by atomic mass is 19.1. The van der Waals surface area contributed by atoms with E-state index in [1.54, 1.807) is 13.8 Å². The number of ether oxygens (including phenoxy) is 1. The number of hydrogen-bond acceptors (Lipinski definition) is 5. The van der Waals surface area contributed by atoms with Gasteiger partial charge in [0, 0.05) is 25.0 Å². The number of aryl methyl sites for hydroxylation is 1. The molecule has 3 aromatic rings. The molecule has 0 bridgehead atoms. The van der Waals surface area contributed by atoms with E-state index in [1.807, 2.05) is 95.3 Å². The molecule has 0 spiro atoms. The molecule has 1 atom stereocenters. The summed E-state index contributed by atoms with van der Waals surface area (Å²) in [7, 11) is 9.83. The molecule has 1 N–H and O–H groups in total. The average molecular weight is 472 g/mol. The Morgan fingerprint density at radius 1 is 0.971 bits per heavy atom. The fourth-order valence-electron chi connectivity index (χ4n) is 3.07. The Kier molecular flexibility index (Phi) is 11.4. The second-order valence-electron chi connectivity index (χ2n) is 9.19. The number of hydrogen-bond donors (Lipinski definition) is 1. The van der Waals surface area contributed by atoms with Gasteiger partial charge in [-0.25, -0.2) is 9.37 Å². The predicted octanol–water partition coefficient (Wildman–Crippen LogP) is 5.97. The normalized spacial score (nSPS) is 11.8. The molecule has 188 valence electrons. The van der Waals surface area contributed by atoms with Crippen molar-refractivity contribution < 1.29 is 14.2 Å². The highest BCUT2D eigenvalue weighted by molar-refractivity contribution is 5.82. The van der Waals surface area contributed by atoms with Gasteiger partial charge in [0.05, 0.1) is 16.9 Å². The zero-order chi connectivity index (χ0) is 26.1. The number of alkyl halides is 1. The van der Waals surface area contributed by atoms with E-state index in [1.165, 1.54) is 5.56 Å². The Morgan fingerprint density at radius 3 is 2.15 bits per heavy atom. The van der Waals surface area contributed by atoms with Gasteiger partial charge in [-0.1, -0.05) is 37.6 Å². The van der Waals surface area contributed by atoms with Gasteiger partial charge in [-0.15, -0.1) is 0 Å². The first-order valence-electron chi connectivity index (χ1n) is 11.7. The van der Waals surface area contributed by atoms with Crippen molar-refractivity contribution in [1.29, 1.82) is 0 Å². The number of fused-ring (bicyclic) bond motifs is 1. The fraction of sp³-hybridized carbons (Fsp3) is 0.464. The summed E-state index contributed by atoms with van der Waals surface area (Å²) in [5, 5.41) is 11.1. The van der Waals surface area contributed by atoms with Gasteiger partial charge in [0.2, 0.25) is 0 Å². The summed E-state index contributed by atoms with van der Waals surface area (Å²) < 4.78 is 19.1. The van der Waals surface area contributed by atoms with Crippen LogP contribution in [-0.4, -0.2) is 68.6 Å². The highest BCUT2D eigenvalue weighted by Gasteiger charge is 2.31. The first-order chi connectivity index (χ1) is 15.9. The largest absolute Gasteiger partial charge is 0.483 e. The van der Waals surface area contributed by atoms with Crippen LogP contribution >= 0.6 is 0 Å². The Balaban J connectivity index is 0.000000872. The summed E-state index contributed by atoms with van der Waals surface area (Å²) in [6, 6.07) is 16.0. The van der Waals surface area contributed by atoms with Gasteiger partial charge >= 0.3 is 0 Å². The van der Waals surface area contributed by atoms with Crippen LogP contribution in [0.5, 0.6) is 5.75 Å². The summed E-state index contributed by atoms with van der Waals surface area (Å²) in [4.78, 5) is 8.70. The Labute approximate surface area is 205 Å². The number of rotatable bonds is 6. The van der Waals surface area contributed by atoms with Crippen molar-refractivity contribution >= 4 is 16.6 Å². The molecule has 0 saturated heterocycles. The lowest BCUT2D eigenvalue weighted by Crippen LogP contribution is -2.43. The second-order valence-corrected chi connectivity index (χ2v) is 9.19. The zero-order valence-corrected chi connectivity index (χ0v) is 22.5. The number of nitrogens with zero attached hydrogens (tertiary/aromatic N) is 3. The third-order valence-corrected chi connectivity index (χ3v) is 4.90. The summed E-state index contributed by atoms with van der Waals surface area (Å²) >= 11 is 0. The van der Waals surface area contributed by atoms with E-state index >= 15 is 0 Å². The van der Waals surface area contributed by atoms with Crippen LogP contribution in [-0.2, 0) is 0 Å². The first-order valence-corrected chi connectivity index (χ1v) is 11.7. The number of anilines is 1. The highest BCUT2D eigenvalue weighted by Crippen LogP contribution is 2.35. The number of pyridine rings is 1. The van der Waals surface area contributed by atoms with Crippen molar-refractivity contribution in [1.82, 2.24) is 9.88 Å². The van der Waals surface area contributed by atoms with E-state index in [-0.39, 0.29) is 0 Å². The van der Waals surface area contributed by atoms with Gasteiger partial charge < -0.3 is 19.6 Å². The Bertz CT molecular complexity index is 1030. The molecule has 0 saturated carbocycles. The first kappa shape index (κ1) is 29.3. The minimum absolute atomic E-state index is 0.575. The maximum atomic E-state index is 13.0. The number of aliphatic hydroxyl groups is 1. The summed E-state index contributed by atoms with van der Waals surface area (Å²) in [5.74, 6) is 0.575. The van der Waals surface area contributed by atoms with E-state index in [4.69, 9.17) is 9.72 Å². The lowest BCUT2D eigenvalue weighted by molar-refractivity contribution is -0.0389. The van der Waals surface area contributed by atoms with Crippen molar-refractivity contribution in [3.05, 3.63) is 54.1 Å². The van der Waals surface area contributed by atoms with Crippen molar-refractivity contribution in [3.8, 4) is 17.0 Å². The lowest BCUT2D eigenvalue weighted by atomic mass is 10.0. The molecule has 0 aliphatic rings. The second kappa shape index (κ2) is 13.3. The van der Waals surface area contributed by atoms with E-state index in [0.29, 0.717) is 5.75 Å². The molecule has 6 heteroatoms. The van der Waals surface area contributed by atoms with Gasteiger partial charge in [0.15, 0.2) is 0 Å². The monoisotopic (exact) mass is 471 g/mol.